The molecule has 2 unspecified atom stereocenters. The van der Waals surface area contributed by atoms with Crippen LogP contribution in [0.15, 0.2) is 24.3 Å². The number of hydrogen-bond acceptors (Lipinski definition) is 12. The van der Waals surface area contributed by atoms with Crippen LogP contribution in [-0.2, 0) is 23.7 Å². The molecule has 1 fully saturated rings. The maximum absolute atomic E-state index is 12.9. The first-order valence-electron chi connectivity index (χ1n) is 13.0. The Morgan fingerprint density at radius 2 is 2.17 bits per heavy atom. The third kappa shape index (κ3) is 14.6. The zero-order valence-electron chi connectivity index (χ0n) is 22.9. The number of halogens is 1. The normalized spacial score (nSPS) is 19.5. The Morgan fingerprint density at radius 3 is 2.90 bits per heavy atom. The van der Waals surface area contributed by atoms with E-state index in [0.29, 0.717) is 38.1 Å². The van der Waals surface area contributed by atoms with Gasteiger partial charge in [-0.1, -0.05) is 33.6 Å². The molecule has 228 valence electrons. The Hall–Kier alpha value is -2.07. The van der Waals surface area contributed by atoms with Gasteiger partial charge >= 0.3 is 0 Å². The quantitative estimate of drug-likeness (QED) is 0.0332. The van der Waals surface area contributed by atoms with Crippen molar-refractivity contribution in [3.63, 3.8) is 0 Å². The molecular weight excluding hydrogens is 578 g/mol. The summed E-state index contributed by atoms with van der Waals surface area (Å²) in [7, 11) is 3.36. The first-order valence-corrected chi connectivity index (χ1v) is 15.6. The number of nitrogens with one attached hydrogen (secondary N) is 2. The average Bonchev–Trinajstić information content (AvgIpc) is 3.34. The number of benzene rings is 1. The number of amides is 2. The smallest absolute Gasteiger partial charge is 0.253 e. The lowest BCUT2D eigenvalue weighted by Gasteiger charge is -2.17. The van der Waals surface area contributed by atoms with Gasteiger partial charge in [0.05, 0.1) is 32.5 Å². The summed E-state index contributed by atoms with van der Waals surface area (Å²) >= 11 is 0. The summed E-state index contributed by atoms with van der Waals surface area (Å²) in [5.41, 5.74) is 10.6. The number of aliphatic hydroxyl groups is 1. The van der Waals surface area contributed by atoms with Crippen LogP contribution in [0.3, 0.4) is 0 Å². The van der Waals surface area contributed by atoms with Gasteiger partial charge < -0.3 is 45.2 Å². The van der Waals surface area contributed by atoms with Gasteiger partial charge in [-0.15, -0.1) is 0 Å². The molecule has 0 bridgehead atoms. The fraction of sp³-hybridized carbons (Fsp3) is 0.600. The van der Waals surface area contributed by atoms with E-state index in [0.717, 1.165) is 0 Å². The van der Waals surface area contributed by atoms with Crippen molar-refractivity contribution in [3.05, 3.63) is 29.8 Å². The first-order chi connectivity index (χ1) is 19.9. The van der Waals surface area contributed by atoms with E-state index in [2.05, 4.69) is 22.4 Å². The predicted molar refractivity (Wildman–Crippen MR) is 157 cm³/mol. The molecule has 0 aliphatic carbocycles. The molecule has 5 atom stereocenters. The van der Waals surface area contributed by atoms with Crippen LogP contribution in [0.1, 0.15) is 16.8 Å². The minimum Gasteiger partial charge on any atom is -0.490 e. The Morgan fingerprint density at radius 1 is 1.34 bits per heavy atom. The van der Waals surface area contributed by atoms with Gasteiger partial charge in [-0.2, -0.15) is 10.2 Å². The molecule has 1 aliphatic heterocycles. The Labute approximate surface area is 248 Å². The Bertz CT molecular complexity index is 990. The summed E-state index contributed by atoms with van der Waals surface area (Å²) in [5.74, 6) is 5.71. The van der Waals surface area contributed by atoms with Crippen molar-refractivity contribution in [1.82, 2.24) is 10.6 Å². The van der Waals surface area contributed by atoms with Crippen LogP contribution in [-0.4, -0.2) is 113 Å². The van der Waals surface area contributed by atoms with Gasteiger partial charge in [0.25, 0.3) is 12.4 Å². The van der Waals surface area contributed by atoms with Gasteiger partial charge in [0, 0.05) is 24.7 Å². The molecule has 1 aromatic rings. The SMILES string of the molecule is CSSC(COc1cccc(C(=O)NCCN)c1)OCCOCC(=O)NCC#CB[C@H]1C[C@@H](O[C@@H](N)F)C(CO)O1. The van der Waals surface area contributed by atoms with Gasteiger partial charge in [-0.3, -0.25) is 15.3 Å². The molecule has 1 aliphatic rings. The van der Waals surface area contributed by atoms with Gasteiger partial charge in [0.1, 0.15) is 30.5 Å². The van der Waals surface area contributed by atoms with Crippen molar-refractivity contribution in [1.29, 1.82) is 0 Å². The number of hydrogen-bond donors (Lipinski definition) is 5. The highest BCUT2D eigenvalue weighted by atomic mass is 33.1. The molecule has 1 saturated heterocycles. The number of carbonyl (C=O) groups is 2. The Balaban J connectivity index is 1.59. The molecule has 0 spiro atoms. The second-order valence-electron chi connectivity index (χ2n) is 8.57. The summed E-state index contributed by atoms with van der Waals surface area (Å²) in [6, 6.07) is 6.53. The van der Waals surface area contributed by atoms with Crippen molar-refractivity contribution >= 4 is 40.7 Å². The highest BCUT2D eigenvalue weighted by Crippen LogP contribution is 2.26. The van der Waals surface area contributed by atoms with E-state index in [4.69, 9.17) is 35.2 Å². The summed E-state index contributed by atoms with van der Waals surface area (Å²) in [5, 5.41) is 14.7. The van der Waals surface area contributed by atoms with Crippen LogP contribution in [0.25, 0.3) is 0 Å². The van der Waals surface area contributed by atoms with Crippen LogP contribution < -0.4 is 26.8 Å². The maximum Gasteiger partial charge on any atom is 0.253 e. The standard InChI is InChI=1S/C25H38BFN4O8S2/c1-40-41-23(16-37-18-5-2-4-17(12-18)24(34)31-9-7-28)36-11-10-35-15-22(33)30-8-3-6-26-21-13-19(39-25(27)29)20(14-32)38-21/h2,4-5,12,19-21,23,25-26,32H,7-11,13-16,28-29H2,1H3,(H,30,33)(H,31,34)/t19-,20?,21-,23?,25-/m1/s1. The van der Waals surface area contributed by atoms with E-state index in [1.165, 1.54) is 21.6 Å². The predicted octanol–water partition coefficient (Wildman–Crippen LogP) is -0.658. The van der Waals surface area contributed by atoms with Gasteiger partial charge in [-0.05, 0) is 30.9 Å². The number of alkyl halides is 1. The average molecular weight is 617 g/mol. The lowest BCUT2D eigenvalue weighted by molar-refractivity contribution is -0.126. The van der Waals surface area contributed by atoms with Gasteiger partial charge in [0.15, 0.2) is 0 Å². The van der Waals surface area contributed by atoms with Crippen LogP contribution in [0, 0.1) is 11.7 Å². The lowest BCUT2D eigenvalue weighted by Crippen LogP contribution is -2.33. The molecule has 41 heavy (non-hydrogen) atoms. The van der Waals surface area contributed by atoms with Crippen molar-refractivity contribution in [2.75, 3.05) is 58.9 Å². The molecule has 0 radical (unpaired) electrons. The highest BCUT2D eigenvalue weighted by Gasteiger charge is 2.36. The number of nitrogens with two attached hydrogens (primary N) is 2. The van der Waals surface area contributed by atoms with E-state index < -0.39 is 18.7 Å². The molecule has 7 N–H and O–H groups in total. The van der Waals surface area contributed by atoms with Gasteiger partial charge in [0.2, 0.25) is 13.2 Å². The second kappa shape index (κ2) is 20.8. The number of ether oxygens (including phenoxy) is 5. The second-order valence-corrected chi connectivity index (χ2v) is 11.2. The molecule has 1 heterocycles. The zero-order chi connectivity index (χ0) is 29.9. The number of carbonyl (C=O) groups excluding carboxylic acids is 2. The number of rotatable bonds is 19. The zero-order valence-corrected chi connectivity index (χ0v) is 24.6. The van der Waals surface area contributed by atoms with Crippen LogP contribution in [0.4, 0.5) is 4.39 Å². The molecule has 2 amide bonds. The minimum atomic E-state index is -1.94. The van der Waals surface area contributed by atoms with Crippen molar-refractivity contribution < 1.29 is 42.8 Å². The third-order valence-corrected chi connectivity index (χ3v) is 7.37. The lowest BCUT2D eigenvalue weighted by atomic mass is 9.71. The maximum atomic E-state index is 12.9. The molecule has 0 aromatic heterocycles. The van der Waals surface area contributed by atoms with E-state index in [-0.39, 0.29) is 62.8 Å². The van der Waals surface area contributed by atoms with Crippen molar-refractivity contribution in [3.8, 4) is 17.5 Å². The molecule has 12 nitrogen and oxygen atoms in total. The fourth-order valence-corrected chi connectivity index (χ4v) is 5.11. The molecule has 2 rings (SSSR count). The van der Waals surface area contributed by atoms with Crippen molar-refractivity contribution in [2.45, 2.75) is 36.5 Å². The minimum absolute atomic E-state index is 0.129. The van der Waals surface area contributed by atoms with Crippen LogP contribution in [0.5, 0.6) is 5.75 Å². The molecule has 16 heteroatoms. The van der Waals surface area contributed by atoms with Crippen LogP contribution >= 0.6 is 21.6 Å². The monoisotopic (exact) mass is 616 g/mol. The third-order valence-electron chi connectivity index (χ3n) is 5.47. The molecule has 1 aromatic carbocycles. The van der Waals surface area contributed by atoms with E-state index in [1.807, 2.05) is 6.26 Å². The largest absolute Gasteiger partial charge is 0.490 e. The summed E-state index contributed by atoms with van der Waals surface area (Å²) in [6.45, 7) is -0.795. The van der Waals surface area contributed by atoms with E-state index in [9.17, 15) is 19.1 Å². The fourth-order valence-electron chi connectivity index (χ4n) is 3.64. The summed E-state index contributed by atoms with van der Waals surface area (Å²) in [6.07, 6.45) is 1.01. The Kier molecular flexibility index (Phi) is 17.8. The van der Waals surface area contributed by atoms with Crippen molar-refractivity contribution in [2.24, 2.45) is 11.5 Å². The van der Waals surface area contributed by atoms with Crippen LogP contribution in [0.2, 0.25) is 0 Å². The van der Waals surface area contributed by atoms with E-state index in [1.54, 1.807) is 24.3 Å². The molecule has 0 saturated carbocycles. The topological polar surface area (TPSA) is 177 Å². The number of aliphatic hydroxyl groups excluding tert-OH is 1. The molecular formula is C25H38BFN4O8S2. The van der Waals surface area contributed by atoms with Gasteiger partial charge in [-0.25, -0.2) is 0 Å². The van der Waals surface area contributed by atoms with E-state index >= 15 is 0 Å². The first kappa shape index (κ1) is 35.1. The summed E-state index contributed by atoms with van der Waals surface area (Å²) in [4.78, 5) is 24.1. The highest BCUT2D eigenvalue weighted by molar-refractivity contribution is 8.76. The summed E-state index contributed by atoms with van der Waals surface area (Å²) < 4.78 is 40.4.